The number of aliphatic carboxylic acids is 1. The topological polar surface area (TPSA) is 83.5 Å². The summed E-state index contributed by atoms with van der Waals surface area (Å²) in [5.74, 6) is -3.15. The summed E-state index contributed by atoms with van der Waals surface area (Å²) in [5, 5.41) is 10.9. The zero-order valence-electron chi connectivity index (χ0n) is 7.98. The van der Waals surface area contributed by atoms with Gasteiger partial charge in [0.2, 0.25) is 5.91 Å². The van der Waals surface area contributed by atoms with Gasteiger partial charge in [0, 0.05) is 12.7 Å². The molecule has 0 aromatic heterocycles. The van der Waals surface area contributed by atoms with Gasteiger partial charge in [-0.15, -0.1) is 0 Å². The molecule has 2 N–H and O–H groups in total. The average molecular weight is 219 g/mol. The average Bonchev–Trinajstić information content (AvgIpc) is 2.11. The van der Waals surface area contributed by atoms with Gasteiger partial charge in [-0.25, -0.2) is 0 Å². The van der Waals surface area contributed by atoms with Crippen molar-refractivity contribution in [2.45, 2.75) is 19.9 Å². The second-order valence-electron chi connectivity index (χ2n) is 2.90. The number of nitrogens with one attached hydrogen (secondary N) is 1. The first kappa shape index (κ1) is 13.0. The zero-order chi connectivity index (χ0) is 11.3. The molecule has 0 spiro atoms. The lowest BCUT2D eigenvalue weighted by molar-refractivity contribution is -0.146. The zero-order valence-corrected chi connectivity index (χ0v) is 8.88. The molecular weight excluding hydrogens is 206 g/mol. The maximum Gasteiger partial charge on any atom is 0.313 e. The van der Waals surface area contributed by atoms with Crippen LogP contribution in [0.1, 0.15) is 13.8 Å². The molecular formula is C8H13NO4S. The first-order chi connectivity index (χ1) is 6.40. The minimum atomic E-state index is -1.20. The van der Waals surface area contributed by atoms with Gasteiger partial charge in [-0.3, -0.25) is 14.4 Å². The number of Topliss-reactive ketones (excluding diaryl/α,β-unsaturated/α-hetero) is 1. The van der Waals surface area contributed by atoms with Crippen LogP contribution in [0, 0.1) is 5.92 Å². The summed E-state index contributed by atoms with van der Waals surface area (Å²) in [6.07, 6.45) is 0. The molecule has 0 aliphatic rings. The van der Waals surface area contributed by atoms with Crippen LogP contribution in [-0.4, -0.2) is 34.6 Å². The molecule has 0 saturated heterocycles. The van der Waals surface area contributed by atoms with Crippen molar-refractivity contribution in [3.05, 3.63) is 0 Å². The van der Waals surface area contributed by atoms with Gasteiger partial charge in [-0.05, 0) is 6.92 Å². The molecule has 0 aliphatic carbocycles. The minimum Gasteiger partial charge on any atom is -0.481 e. The van der Waals surface area contributed by atoms with Gasteiger partial charge in [0.25, 0.3) is 0 Å². The summed E-state index contributed by atoms with van der Waals surface area (Å²) in [5.41, 5.74) is 0. The molecule has 0 aromatic rings. The predicted octanol–water partition coefficient (Wildman–Crippen LogP) is -0.289. The van der Waals surface area contributed by atoms with Gasteiger partial charge in [-0.1, -0.05) is 0 Å². The lowest BCUT2D eigenvalue weighted by Gasteiger charge is -2.16. The second-order valence-corrected chi connectivity index (χ2v) is 3.26. The fraction of sp³-hybridized carbons (Fsp3) is 0.625. The van der Waals surface area contributed by atoms with Crippen molar-refractivity contribution in [2.75, 3.05) is 5.75 Å². The quantitative estimate of drug-likeness (QED) is 0.438. The summed E-state index contributed by atoms with van der Waals surface area (Å²) < 4.78 is 0. The van der Waals surface area contributed by atoms with Crippen molar-refractivity contribution in [2.24, 2.45) is 5.92 Å². The van der Waals surface area contributed by atoms with Crippen molar-refractivity contribution in [1.82, 2.24) is 5.32 Å². The maximum absolute atomic E-state index is 11.4. The Morgan fingerprint density at radius 1 is 1.43 bits per heavy atom. The summed E-state index contributed by atoms with van der Waals surface area (Å²) in [6, 6.07) is -0.832. The van der Waals surface area contributed by atoms with Crippen LogP contribution in [-0.2, 0) is 14.4 Å². The largest absolute Gasteiger partial charge is 0.481 e. The van der Waals surface area contributed by atoms with Gasteiger partial charge in [0.1, 0.15) is 5.92 Å². The van der Waals surface area contributed by atoms with E-state index in [1.165, 1.54) is 13.8 Å². The molecule has 80 valence electrons. The predicted molar refractivity (Wildman–Crippen MR) is 53.3 cm³/mol. The fourth-order valence-electron chi connectivity index (χ4n) is 0.876. The second kappa shape index (κ2) is 5.64. The smallest absolute Gasteiger partial charge is 0.313 e. The van der Waals surface area contributed by atoms with E-state index < -0.39 is 23.7 Å². The highest BCUT2D eigenvalue weighted by molar-refractivity contribution is 7.80. The van der Waals surface area contributed by atoms with Crippen LogP contribution in [0.4, 0.5) is 0 Å². The molecule has 0 aliphatic heterocycles. The molecule has 0 fully saturated rings. The Kier molecular flexibility index (Phi) is 5.22. The number of carboxylic acid groups (broad SMARTS) is 1. The lowest BCUT2D eigenvalue weighted by atomic mass is 10.0. The van der Waals surface area contributed by atoms with E-state index in [2.05, 4.69) is 17.9 Å². The first-order valence-electron chi connectivity index (χ1n) is 4.04. The molecule has 5 nitrogen and oxygen atoms in total. The molecule has 0 aromatic carbocycles. The third-order valence-corrected chi connectivity index (χ3v) is 2.07. The van der Waals surface area contributed by atoms with Gasteiger partial charge >= 0.3 is 5.97 Å². The number of hydrogen-bond acceptors (Lipinski definition) is 4. The summed E-state index contributed by atoms with van der Waals surface area (Å²) in [7, 11) is 0. The van der Waals surface area contributed by atoms with Crippen LogP contribution in [0.3, 0.4) is 0 Å². The van der Waals surface area contributed by atoms with E-state index in [9.17, 15) is 14.4 Å². The Bertz CT molecular complexity index is 254. The number of carboxylic acids is 1. The summed E-state index contributed by atoms with van der Waals surface area (Å²) >= 11 is 3.86. The Labute approximate surface area is 87.3 Å². The van der Waals surface area contributed by atoms with Crippen LogP contribution in [0.2, 0.25) is 0 Å². The van der Waals surface area contributed by atoms with E-state index in [-0.39, 0.29) is 11.7 Å². The summed E-state index contributed by atoms with van der Waals surface area (Å²) in [4.78, 5) is 32.6. The van der Waals surface area contributed by atoms with Gasteiger partial charge < -0.3 is 10.4 Å². The maximum atomic E-state index is 11.4. The lowest BCUT2D eigenvalue weighted by Crippen LogP contribution is -2.45. The summed E-state index contributed by atoms with van der Waals surface area (Å²) in [6.45, 7) is 2.54. The number of carbonyl (C=O) groups excluding carboxylic acids is 2. The molecule has 0 rings (SSSR count). The highest BCUT2D eigenvalue weighted by Gasteiger charge is 2.27. The van der Waals surface area contributed by atoms with E-state index in [0.29, 0.717) is 0 Å². The standard InChI is InChI=1S/C8H13NO4S/c1-4(8(12)13)7(11)6(3-14)9-5(2)10/h4,6,14H,3H2,1-2H3,(H,9,10)(H,12,13)/t4?,6-/m0/s1. The molecule has 6 heteroatoms. The highest BCUT2D eigenvalue weighted by atomic mass is 32.1. The normalized spacial score (nSPS) is 14.2. The van der Waals surface area contributed by atoms with Crippen molar-refractivity contribution in [1.29, 1.82) is 0 Å². The highest BCUT2D eigenvalue weighted by Crippen LogP contribution is 2.03. The van der Waals surface area contributed by atoms with Crippen LogP contribution in [0.15, 0.2) is 0 Å². The number of thiol groups is 1. The molecule has 1 amide bonds. The van der Waals surface area contributed by atoms with Crippen LogP contribution < -0.4 is 5.32 Å². The Morgan fingerprint density at radius 2 is 1.93 bits per heavy atom. The van der Waals surface area contributed by atoms with Crippen molar-refractivity contribution >= 4 is 30.3 Å². The van der Waals surface area contributed by atoms with Gasteiger partial charge in [0.15, 0.2) is 5.78 Å². The van der Waals surface area contributed by atoms with E-state index in [4.69, 9.17) is 5.11 Å². The molecule has 0 heterocycles. The van der Waals surface area contributed by atoms with E-state index in [0.717, 1.165) is 0 Å². The Hall–Kier alpha value is -1.04. The van der Waals surface area contributed by atoms with Crippen LogP contribution in [0.5, 0.6) is 0 Å². The Balaban J connectivity index is 4.45. The van der Waals surface area contributed by atoms with E-state index in [1.807, 2.05) is 0 Å². The van der Waals surface area contributed by atoms with Crippen molar-refractivity contribution in [3.8, 4) is 0 Å². The molecule has 2 atom stereocenters. The van der Waals surface area contributed by atoms with Crippen molar-refractivity contribution < 1.29 is 19.5 Å². The molecule has 14 heavy (non-hydrogen) atoms. The van der Waals surface area contributed by atoms with Gasteiger partial charge in [-0.2, -0.15) is 12.6 Å². The SMILES string of the molecule is CC(=O)N[C@@H](CS)C(=O)C(C)C(=O)O. The minimum absolute atomic E-state index is 0.0933. The monoisotopic (exact) mass is 219 g/mol. The van der Waals surface area contributed by atoms with Crippen LogP contribution in [0.25, 0.3) is 0 Å². The Morgan fingerprint density at radius 3 is 2.21 bits per heavy atom. The number of ketones is 1. The molecule has 0 saturated carbocycles. The fourth-order valence-corrected chi connectivity index (χ4v) is 1.15. The van der Waals surface area contributed by atoms with E-state index >= 15 is 0 Å². The first-order valence-corrected chi connectivity index (χ1v) is 4.67. The third kappa shape index (κ3) is 3.78. The number of rotatable bonds is 5. The van der Waals surface area contributed by atoms with Crippen molar-refractivity contribution in [3.63, 3.8) is 0 Å². The number of amides is 1. The molecule has 0 radical (unpaired) electrons. The molecule has 0 bridgehead atoms. The molecule has 1 unspecified atom stereocenters. The van der Waals surface area contributed by atoms with Gasteiger partial charge in [0.05, 0.1) is 6.04 Å². The number of hydrogen-bond donors (Lipinski definition) is 3. The van der Waals surface area contributed by atoms with E-state index in [1.54, 1.807) is 0 Å². The third-order valence-electron chi connectivity index (χ3n) is 1.70. The van der Waals surface area contributed by atoms with Crippen LogP contribution >= 0.6 is 12.6 Å². The number of carbonyl (C=O) groups is 3.